The predicted octanol–water partition coefficient (Wildman–Crippen LogP) is -3.10. The van der Waals surface area contributed by atoms with Gasteiger partial charge in [-0.25, -0.2) is 12.8 Å². The van der Waals surface area contributed by atoms with Crippen molar-refractivity contribution in [3.05, 3.63) is 35.6 Å². The van der Waals surface area contributed by atoms with E-state index < -0.39 is 32.7 Å². The van der Waals surface area contributed by atoms with Crippen molar-refractivity contribution < 1.29 is 51.7 Å². The van der Waals surface area contributed by atoms with Crippen LogP contribution < -0.4 is 35.3 Å². The maximum absolute atomic E-state index is 13.1. The molecular formula is C8H7FNNaO4S. The van der Waals surface area contributed by atoms with Crippen molar-refractivity contribution in [3.8, 4) is 0 Å². The molecule has 1 atom stereocenters. The molecule has 8 heteroatoms. The molecule has 0 aliphatic rings. The second kappa shape index (κ2) is 5.74. The summed E-state index contributed by atoms with van der Waals surface area (Å²) in [5.41, 5.74) is 4.21. The van der Waals surface area contributed by atoms with Crippen LogP contribution in [0.4, 0.5) is 4.39 Å². The minimum absolute atomic E-state index is 0. The number of amides is 1. The molecule has 1 unspecified atom stereocenters. The zero-order chi connectivity index (χ0) is 11.6. The largest absolute Gasteiger partial charge is 1.00 e. The van der Waals surface area contributed by atoms with E-state index in [9.17, 15) is 22.2 Å². The summed E-state index contributed by atoms with van der Waals surface area (Å²) in [7, 11) is -5.00. The van der Waals surface area contributed by atoms with Crippen molar-refractivity contribution in [2.45, 2.75) is 5.25 Å². The van der Waals surface area contributed by atoms with Crippen LogP contribution in [0.25, 0.3) is 0 Å². The Morgan fingerprint density at radius 2 is 1.88 bits per heavy atom. The van der Waals surface area contributed by atoms with Crippen LogP contribution in [-0.4, -0.2) is 18.9 Å². The quantitative estimate of drug-likeness (QED) is 0.456. The van der Waals surface area contributed by atoms with Crippen LogP contribution in [0.5, 0.6) is 0 Å². The second-order valence-corrected chi connectivity index (χ2v) is 4.25. The van der Waals surface area contributed by atoms with E-state index in [1.54, 1.807) is 0 Å². The Labute approximate surface area is 114 Å². The van der Waals surface area contributed by atoms with Crippen molar-refractivity contribution in [1.82, 2.24) is 0 Å². The first-order valence-corrected chi connectivity index (χ1v) is 5.29. The van der Waals surface area contributed by atoms with E-state index in [1.807, 2.05) is 0 Å². The number of halogens is 1. The Hall–Kier alpha value is -0.470. The van der Waals surface area contributed by atoms with Gasteiger partial charge in [0.25, 0.3) is 0 Å². The van der Waals surface area contributed by atoms with Gasteiger partial charge >= 0.3 is 29.6 Å². The molecule has 0 saturated carbocycles. The molecule has 1 aromatic rings. The monoisotopic (exact) mass is 255 g/mol. The molecule has 16 heavy (non-hydrogen) atoms. The van der Waals surface area contributed by atoms with Gasteiger partial charge < -0.3 is 10.3 Å². The normalized spacial score (nSPS) is 12.6. The predicted molar refractivity (Wildman–Crippen MR) is 48.0 cm³/mol. The van der Waals surface area contributed by atoms with E-state index in [0.29, 0.717) is 0 Å². The Kier molecular flexibility index (Phi) is 5.57. The van der Waals surface area contributed by atoms with Gasteiger partial charge in [-0.15, -0.1) is 0 Å². The van der Waals surface area contributed by atoms with Gasteiger partial charge in [0.2, 0.25) is 5.91 Å². The molecule has 0 heterocycles. The third kappa shape index (κ3) is 3.53. The van der Waals surface area contributed by atoms with Crippen LogP contribution in [-0.2, 0) is 14.9 Å². The summed E-state index contributed by atoms with van der Waals surface area (Å²) < 4.78 is 45.2. The van der Waals surface area contributed by atoms with Crippen LogP contribution >= 0.6 is 0 Å². The zero-order valence-corrected chi connectivity index (χ0v) is 11.2. The fourth-order valence-corrected chi connectivity index (χ4v) is 1.93. The molecule has 0 spiro atoms. The van der Waals surface area contributed by atoms with Gasteiger partial charge in [-0.05, 0) is 6.07 Å². The van der Waals surface area contributed by atoms with E-state index in [-0.39, 0.29) is 29.6 Å². The molecule has 0 fully saturated rings. The van der Waals surface area contributed by atoms with E-state index in [4.69, 9.17) is 5.73 Å². The zero-order valence-electron chi connectivity index (χ0n) is 8.38. The van der Waals surface area contributed by atoms with Gasteiger partial charge in [0.15, 0.2) is 5.25 Å². The molecule has 2 N–H and O–H groups in total. The molecule has 0 aliphatic carbocycles. The summed E-state index contributed by atoms with van der Waals surface area (Å²) in [6.07, 6.45) is 0. The molecule has 1 aromatic carbocycles. The van der Waals surface area contributed by atoms with Crippen LogP contribution in [0.2, 0.25) is 0 Å². The summed E-state index contributed by atoms with van der Waals surface area (Å²) in [4.78, 5) is 10.8. The average molecular weight is 255 g/mol. The Morgan fingerprint density at radius 1 is 1.38 bits per heavy atom. The summed E-state index contributed by atoms with van der Waals surface area (Å²) in [5.74, 6) is -2.35. The van der Waals surface area contributed by atoms with Crippen molar-refractivity contribution >= 4 is 16.0 Å². The summed E-state index contributed by atoms with van der Waals surface area (Å²) in [6, 6.07) is 4.57. The number of primary amides is 1. The number of benzene rings is 1. The first-order valence-electron chi connectivity index (χ1n) is 3.82. The SMILES string of the molecule is NC(=O)C(c1ccccc1F)S(=O)(=O)[O-].[Na+]. The van der Waals surface area contributed by atoms with Gasteiger partial charge in [0.05, 0.1) is 0 Å². The third-order valence-corrected chi connectivity index (χ3v) is 2.80. The van der Waals surface area contributed by atoms with Gasteiger partial charge in [-0.3, -0.25) is 4.79 Å². The van der Waals surface area contributed by atoms with E-state index >= 15 is 0 Å². The molecular weight excluding hydrogens is 248 g/mol. The van der Waals surface area contributed by atoms with Gasteiger partial charge in [-0.2, -0.15) is 0 Å². The van der Waals surface area contributed by atoms with Gasteiger partial charge in [-0.1, -0.05) is 18.2 Å². The molecule has 1 rings (SSSR count). The fourth-order valence-electron chi connectivity index (χ4n) is 1.14. The molecule has 0 aromatic heterocycles. The van der Waals surface area contributed by atoms with E-state index in [0.717, 1.165) is 12.1 Å². The molecule has 5 nitrogen and oxygen atoms in total. The van der Waals surface area contributed by atoms with E-state index in [1.165, 1.54) is 12.1 Å². The fraction of sp³-hybridized carbons (Fsp3) is 0.125. The molecule has 0 radical (unpaired) electrons. The second-order valence-electron chi connectivity index (χ2n) is 2.80. The number of carbonyl (C=O) groups is 1. The van der Waals surface area contributed by atoms with Gasteiger partial charge in [0.1, 0.15) is 15.9 Å². The van der Waals surface area contributed by atoms with Crippen LogP contribution in [0.15, 0.2) is 24.3 Å². The maximum Gasteiger partial charge on any atom is 1.00 e. The van der Waals surface area contributed by atoms with Crippen molar-refractivity contribution in [2.24, 2.45) is 5.73 Å². The molecule has 82 valence electrons. The topological polar surface area (TPSA) is 100 Å². The summed E-state index contributed by atoms with van der Waals surface area (Å²) in [5, 5.41) is -2.18. The van der Waals surface area contributed by atoms with Gasteiger partial charge in [0, 0.05) is 5.56 Å². The Bertz CT molecular complexity index is 491. The first kappa shape index (κ1) is 15.5. The minimum Gasteiger partial charge on any atom is -0.747 e. The van der Waals surface area contributed by atoms with Crippen LogP contribution in [0, 0.1) is 5.82 Å². The van der Waals surface area contributed by atoms with Crippen LogP contribution in [0.1, 0.15) is 10.8 Å². The number of hydrogen-bond donors (Lipinski definition) is 1. The number of rotatable bonds is 3. The first-order chi connectivity index (χ1) is 6.84. The number of carbonyl (C=O) groups excluding carboxylic acids is 1. The molecule has 1 amide bonds. The number of nitrogens with two attached hydrogens (primary N) is 1. The molecule has 0 saturated heterocycles. The number of hydrogen-bond acceptors (Lipinski definition) is 4. The Balaban J connectivity index is 0.00000225. The van der Waals surface area contributed by atoms with E-state index in [2.05, 4.69) is 0 Å². The Morgan fingerprint density at radius 3 is 2.25 bits per heavy atom. The molecule has 0 aliphatic heterocycles. The van der Waals surface area contributed by atoms with Crippen molar-refractivity contribution in [1.29, 1.82) is 0 Å². The standard InChI is InChI=1S/C8H8FNO4S.Na/c9-6-4-2-1-3-5(6)7(8(10)11)15(12,13)14;/h1-4,7H,(H2,10,11)(H,12,13,14);/q;+1/p-1. The third-order valence-electron chi connectivity index (χ3n) is 1.73. The summed E-state index contributed by atoms with van der Waals surface area (Å²) in [6.45, 7) is 0. The minimum atomic E-state index is -5.00. The van der Waals surface area contributed by atoms with Crippen molar-refractivity contribution in [2.75, 3.05) is 0 Å². The van der Waals surface area contributed by atoms with Crippen molar-refractivity contribution in [3.63, 3.8) is 0 Å². The van der Waals surface area contributed by atoms with Crippen LogP contribution in [0.3, 0.4) is 0 Å². The maximum atomic E-state index is 13.1. The summed E-state index contributed by atoms with van der Waals surface area (Å²) >= 11 is 0. The smallest absolute Gasteiger partial charge is 0.747 e. The molecule has 0 bridgehead atoms. The average Bonchev–Trinajstić information content (AvgIpc) is 2.05.